The molecule has 2 aliphatic rings. The molecule has 0 N–H and O–H groups in total. The third kappa shape index (κ3) is 1.41. The van der Waals surface area contributed by atoms with Gasteiger partial charge >= 0.3 is 0 Å². The molecule has 0 aromatic rings. The lowest BCUT2D eigenvalue weighted by Gasteiger charge is -2.55. The Morgan fingerprint density at radius 1 is 1.23 bits per heavy atom. The van der Waals surface area contributed by atoms with Crippen LogP contribution in [0, 0.1) is 16.7 Å². The van der Waals surface area contributed by atoms with Crippen molar-refractivity contribution in [3.8, 4) is 0 Å². The van der Waals surface area contributed by atoms with Crippen LogP contribution in [0.5, 0.6) is 0 Å². The van der Waals surface area contributed by atoms with Crippen LogP contribution in [0.1, 0.15) is 40.0 Å². The summed E-state index contributed by atoms with van der Waals surface area (Å²) in [6.07, 6.45) is 4.40. The topological polar surface area (TPSA) is 3.24 Å². The van der Waals surface area contributed by atoms with Crippen molar-refractivity contribution in [2.45, 2.75) is 40.0 Å². The maximum atomic E-state index is 2.50. The molecule has 1 saturated carbocycles. The van der Waals surface area contributed by atoms with Crippen molar-refractivity contribution in [3.05, 3.63) is 0 Å². The fourth-order valence-electron chi connectivity index (χ4n) is 3.52. The first-order valence-electron chi connectivity index (χ1n) is 5.64. The van der Waals surface area contributed by atoms with Gasteiger partial charge in [-0.15, -0.1) is 0 Å². The van der Waals surface area contributed by atoms with Gasteiger partial charge in [-0.25, -0.2) is 0 Å². The zero-order valence-corrected chi connectivity index (χ0v) is 9.56. The van der Waals surface area contributed by atoms with E-state index in [1.165, 1.54) is 32.4 Å². The Kier molecular flexibility index (Phi) is 1.99. The van der Waals surface area contributed by atoms with Crippen molar-refractivity contribution >= 4 is 0 Å². The molecule has 76 valence electrons. The molecule has 0 atom stereocenters. The van der Waals surface area contributed by atoms with Crippen LogP contribution in [-0.4, -0.2) is 25.0 Å². The standard InChI is InChI=1S/C12H23N/c1-10(2)11(3)7-12(8-11)5-6-13(4)9-12/h10H,5-9H2,1-4H3. The Morgan fingerprint density at radius 2 is 1.85 bits per heavy atom. The number of hydrogen-bond acceptors (Lipinski definition) is 1. The molecule has 0 aromatic carbocycles. The van der Waals surface area contributed by atoms with Gasteiger partial charge in [0.2, 0.25) is 0 Å². The van der Waals surface area contributed by atoms with Gasteiger partial charge in [-0.3, -0.25) is 0 Å². The highest BCUT2D eigenvalue weighted by Gasteiger charge is 2.54. The van der Waals surface area contributed by atoms with Crippen molar-refractivity contribution in [1.82, 2.24) is 4.90 Å². The maximum absolute atomic E-state index is 2.50. The minimum Gasteiger partial charge on any atom is -0.306 e. The van der Waals surface area contributed by atoms with Gasteiger partial charge in [0.25, 0.3) is 0 Å². The molecule has 1 spiro atoms. The first-order valence-corrected chi connectivity index (χ1v) is 5.64. The Hall–Kier alpha value is -0.0400. The smallest absolute Gasteiger partial charge is 0.00358 e. The predicted octanol–water partition coefficient (Wildman–Crippen LogP) is 2.76. The summed E-state index contributed by atoms with van der Waals surface area (Å²) in [5, 5.41) is 0. The van der Waals surface area contributed by atoms with E-state index in [0.717, 1.165) is 11.3 Å². The summed E-state index contributed by atoms with van der Waals surface area (Å²) < 4.78 is 0. The highest BCUT2D eigenvalue weighted by atomic mass is 15.1. The number of likely N-dealkylation sites (tertiary alicyclic amines) is 1. The number of hydrogen-bond donors (Lipinski definition) is 0. The van der Waals surface area contributed by atoms with E-state index in [9.17, 15) is 0 Å². The molecule has 1 aliphatic heterocycles. The normalized spacial score (nSPS) is 45.9. The Morgan fingerprint density at radius 3 is 2.23 bits per heavy atom. The van der Waals surface area contributed by atoms with Crippen LogP contribution in [0.2, 0.25) is 0 Å². The molecular formula is C12H23N. The molecule has 0 bridgehead atoms. The average molecular weight is 181 g/mol. The van der Waals surface area contributed by atoms with Gasteiger partial charge in [0.1, 0.15) is 0 Å². The lowest BCUT2D eigenvalue weighted by atomic mass is 9.49. The van der Waals surface area contributed by atoms with E-state index in [-0.39, 0.29) is 0 Å². The highest BCUT2D eigenvalue weighted by Crippen LogP contribution is 2.61. The van der Waals surface area contributed by atoms with Crippen LogP contribution in [0.4, 0.5) is 0 Å². The van der Waals surface area contributed by atoms with Crippen LogP contribution in [-0.2, 0) is 0 Å². The third-order valence-electron chi connectivity index (χ3n) is 4.58. The summed E-state index contributed by atoms with van der Waals surface area (Å²) in [6, 6.07) is 0. The van der Waals surface area contributed by atoms with Gasteiger partial charge in [0, 0.05) is 6.54 Å². The van der Waals surface area contributed by atoms with Gasteiger partial charge in [-0.05, 0) is 49.6 Å². The summed E-state index contributed by atoms with van der Waals surface area (Å²) in [6.45, 7) is 9.92. The van der Waals surface area contributed by atoms with E-state index >= 15 is 0 Å². The summed E-state index contributed by atoms with van der Waals surface area (Å²) in [7, 11) is 2.26. The second kappa shape index (κ2) is 2.73. The van der Waals surface area contributed by atoms with Crippen LogP contribution < -0.4 is 0 Å². The van der Waals surface area contributed by atoms with Crippen molar-refractivity contribution in [1.29, 1.82) is 0 Å². The van der Waals surface area contributed by atoms with E-state index in [2.05, 4.69) is 32.7 Å². The Balaban J connectivity index is 1.97. The number of nitrogens with zero attached hydrogens (tertiary/aromatic N) is 1. The fourth-order valence-corrected chi connectivity index (χ4v) is 3.52. The largest absolute Gasteiger partial charge is 0.306 e. The van der Waals surface area contributed by atoms with Crippen molar-refractivity contribution in [2.24, 2.45) is 16.7 Å². The van der Waals surface area contributed by atoms with E-state index in [1.54, 1.807) is 0 Å². The lowest BCUT2D eigenvalue weighted by molar-refractivity contribution is -0.0516. The van der Waals surface area contributed by atoms with Crippen LogP contribution >= 0.6 is 0 Å². The fraction of sp³-hybridized carbons (Fsp3) is 1.00. The van der Waals surface area contributed by atoms with Gasteiger partial charge in [-0.1, -0.05) is 20.8 Å². The predicted molar refractivity (Wildman–Crippen MR) is 56.7 cm³/mol. The Labute approximate surface area is 82.5 Å². The molecule has 2 rings (SSSR count). The van der Waals surface area contributed by atoms with Crippen LogP contribution in [0.3, 0.4) is 0 Å². The molecule has 0 aromatic heterocycles. The lowest BCUT2D eigenvalue weighted by Crippen LogP contribution is -2.48. The van der Waals surface area contributed by atoms with Crippen LogP contribution in [0.25, 0.3) is 0 Å². The molecule has 1 aliphatic carbocycles. The molecule has 1 heterocycles. The van der Waals surface area contributed by atoms with Gasteiger partial charge in [0.05, 0.1) is 0 Å². The first-order chi connectivity index (χ1) is 5.96. The summed E-state index contributed by atoms with van der Waals surface area (Å²) in [4.78, 5) is 2.50. The third-order valence-corrected chi connectivity index (χ3v) is 4.58. The second-order valence-corrected chi connectivity index (χ2v) is 6.15. The molecule has 1 heteroatoms. The van der Waals surface area contributed by atoms with Crippen LogP contribution in [0.15, 0.2) is 0 Å². The molecule has 0 amide bonds. The minimum absolute atomic E-state index is 0.658. The summed E-state index contributed by atoms with van der Waals surface area (Å²) >= 11 is 0. The molecule has 13 heavy (non-hydrogen) atoms. The zero-order valence-electron chi connectivity index (χ0n) is 9.56. The summed E-state index contributed by atoms with van der Waals surface area (Å²) in [5.74, 6) is 0.865. The van der Waals surface area contributed by atoms with E-state index < -0.39 is 0 Å². The molecule has 0 radical (unpaired) electrons. The van der Waals surface area contributed by atoms with Gasteiger partial charge < -0.3 is 4.90 Å². The molecule has 1 nitrogen and oxygen atoms in total. The first kappa shape index (κ1) is 9.51. The maximum Gasteiger partial charge on any atom is 0.00358 e. The highest BCUT2D eigenvalue weighted by molar-refractivity contribution is 5.06. The molecular weight excluding hydrogens is 158 g/mol. The molecule has 2 fully saturated rings. The Bertz CT molecular complexity index is 201. The second-order valence-electron chi connectivity index (χ2n) is 6.15. The van der Waals surface area contributed by atoms with Gasteiger partial charge in [-0.2, -0.15) is 0 Å². The molecule has 1 saturated heterocycles. The quantitative estimate of drug-likeness (QED) is 0.601. The van der Waals surface area contributed by atoms with Crippen molar-refractivity contribution < 1.29 is 0 Å². The molecule has 0 unspecified atom stereocenters. The average Bonchev–Trinajstić information content (AvgIpc) is 2.30. The van der Waals surface area contributed by atoms with E-state index in [0.29, 0.717) is 5.41 Å². The van der Waals surface area contributed by atoms with Crippen molar-refractivity contribution in [3.63, 3.8) is 0 Å². The monoisotopic (exact) mass is 181 g/mol. The zero-order chi connectivity index (χ0) is 9.69. The van der Waals surface area contributed by atoms with Gasteiger partial charge in [0.15, 0.2) is 0 Å². The van der Waals surface area contributed by atoms with Crippen molar-refractivity contribution in [2.75, 3.05) is 20.1 Å². The minimum atomic E-state index is 0.658. The SMILES string of the molecule is CC(C)C1(C)CC2(CCN(C)C2)C1. The van der Waals surface area contributed by atoms with E-state index in [1.807, 2.05) is 0 Å². The number of rotatable bonds is 1. The van der Waals surface area contributed by atoms with E-state index in [4.69, 9.17) is 0 Å². The summed E-state index contributed by atoms with van der Waals surface area (Å²) in [5.41, 5.74) is 1.39.